The topological polar surface area (TPSA) is 122 Å². The summed E-state index contributed by atoms with van der Waals surface area (Å²) in [5.41, 5.74) is 5.67. The van der Waals surface area contributed by atoms with Crippen molar-refractivity contribution in [3.05, 3.63) is 17.2 Å². The number of halogens is 1. The van der Waals surface area contributed by atoms with E-state index >= 15 is 0 Å². The van der Waals surface area contributed by atoms with Gasteiger partial charge in [0.25, 0.3) is 10.0 Å². The Hall–Kier alpha value is -1.36. The van der Waals surface area contributed by atoms with E-state index in [0.717, 1.165) is 37.7 Å². The highest BCUT2D eigenvalue weighted by Gasteiger charge is 2.24. The van der Waals surface area contributed by atoms with Gasteiger partial charge in [-0.1, -0.05) is 57.0 Å². The molecule has 0 saturated heterocycles. The summed E-state index contributed by atoms with van der Waals surface area (Å²) in [6.45, 7) is 2.40. The number of hydrogen-bond donors (Lipinski definition) is 2. The molecule has 0 atom stereocenters. The number of benzene rings is 1. The zero-order chi connectivity index (χ0) is 22.1. The third-order valence-corrected chi connectivity index (χ3v) is 7.33. The molecule has 0 aliphatic carbocycles. The minimum atomic E-state index is -4.18. The molecule has 29 heavy (non-hydrogen) atoms. The Labute approximate surface area is 179 Å². The highest BCUT2D eigenvalue weighted by Crippen LogP contribution is 2.31. The SMILES string of the molecule is CCCCCCCCCNS(=O)(=O)c1cc(S(=O)(=O)/N=C/N(C)C)c(Cl)cc1N. The Morgan fingerprint density at radius 3 is 2.21 bits per heavy atom. The molecule has 0 saturated carbocycles. The lowest BCUT2D eigenvalue weighted by molar-refractivity contribution is 0.563. The van der Waals surface area contributed by atoms with E-state index in [0.29, 0.717) is 6.42 Å². The van der Waals surface area contributed by atoms with Gasteiger partial charge in [-0.15, -0.1) is 4.40 Å². The highest BCUT2D eigenvalue weighted by molar-refractivity contribution is 7.91. The molecule has 0 bridgehead atoms. The van der Waals surface area contributed by atoms with Crippen molar-refractivity contribution < 1.29 is 16.8 Å². The van der Waals surface area contributed by atoms with Crippen LogP contribution in [0.3, 0.4) is 0 Å². The number of anilines is 1. The molecule has 166 valence electrons. The zero-order valence-corrected chi connectivity index (χ0v) is 19.6. The number of nitrogen functional groups attached to an aromatic ring is 1. The van der Waals surface area contributed by atoms with Crippen LogP contribution in [-0.2, 0) is 20.0 Å². The van der Waals surface area contributed by atoms with Crippen molar-refractivity contribution in [3.8, 4) is 0 Å². The van der Waals surface area contributed by atoms with Crippen molar-refractivity contribution in [1.29, 1.82) is 0 Å². The fraction of sp³-hybridized carbons (Fsp3) is 0.611. The van der Waals surface area contributed by atoms with Crippen LogP contribution >= 0.6 is 11.6 Å². The third-order valence-electron chi connectivity index (χ3n) is 4.12. The Balaban J connectivity index is 2.89. The van der Waals surface area contributed by atoms with Crippen molar-refractivity contribution in [3.63, 3.8) is 0 Å². The quantitative estimate of drug-likeness (QED) is 0.199. The van der Waals surface area contributed by atoms with E-state index in [9.17, 15) is 16.8 Å². The minimum Gasteiger partial charge on any atom is -0.398 e. The molecule has 0 radical (unpaired) electrons. The number of unbranched alkanes of at least 4 members (excludes halogenated alkanes) is 6. The Morgan fingerprint density at radius 2 is 1.62 bits per heavy atom. The number of sulfonamides is 2. The summed E-state index contributed by atoms with van der Waals surface area (Å²) in [4.78, 5) is 0.691. The lowest BCUT2D eigenvalue weighted by atomic mass is 10.1. The van der Waals surface area contributed by atoms with Crippen molar-refractivity contribution >= 4 is 43.7 Å². The van der Waals surface area contributed by atoms with Crippen LogP contribution in [0, 0.1) is 0 Å². The van der Waals surface area contributed by atoms with Crippen molar-refractivity contribution in [2.45, 2.75) is 61.7 Å². The Bertz CT molecular complexity index is 901. The van der Waals surface area contributed by atoms with Crippen LogP contribution in [-0.4, -0.2) is 48.7 Å². The molecule has 3 N–H and O–H groups in total. The van der Waals surface area contributed by atoms with E-state index in [-0.39, 0.29) is 22.2 Å². The number of rotatable bonds is 13. The van der Waals surface area contributed by atoms with Gasteiger partial charge in [0.15, 0.2) is 0 Å². The van der Waals surface area contributed by atoms with Gasteiger partial charge in [-0.3, -0.25) is 0 Å². The average molecular weight is 467 g/mol. The fourth-order valence-corrected chi connectivity index (χ4v) is 5.31. The first-order valence-electron chi connectivity index (χ1n) is 9.57. The van der Waals surface area contributed by atoms with Crippen LogP contribution in [0.5, 0.6) is 0 Å². The molecule has 0 aliphatic heterocycles. The average Bonchev–Trinajstić information content (AvgIpc) is 2.62. The molecule has 1 rings (SSSR count). The van der Waals surface area contributed by atoms with Gasteiger partial charge in [0.05, 0.1) is 10.7 Å². The van der Waals surface area contributed by atoms with Gasteiger partial charge >= 0.3 is 0 Å². The van der Waals surface area contributed by atoms with E-state index < -0.39 is 24.9 Å². The second kappa shape index (κ2) is 11.7. The molecule has 0 amide bonds. The predicted octanol–water partition coefficient (Wildman–Crippen LogP) is 3.23. The molecule has 0 fully saturated rings. The summed E-state index contributed by atoms with van der Waals surface area (Å²) >= 11 is 5.99. The summed E-state index contributed by atoms with van der Waals surface area (Å²) in [6, 6.07) is 2.06. The van der Waals surface area contributed by atoms with Gasteiger partial charge in [0.1, 0.15) is 16.1 Å². The summed E-state index contributed by atoms with van der Waals surface area (Å²) in [7, 11) is -4.95. The van der Waals surface area contributed by atoms with Gasteiger partial charge in [0.2, 0.25) is 10.0 Å². The van der Waals surface area contributed by atoms with Crippen LogP contribution in [0.4, 0.5) is 5.69 Å². The first-order chi connectivity index (χ1) is 13.5. The maximum atomic E-state index is 12.6. The number of nitrogens with zero attached hydrogens (tertiary/aromatic N) is 2. The first-order valence-corrected chi connectivity index (χ1v) is 12.9. The molecule has 0 aromatic heterocycles. The van der Waals surface area contributed by atoms with Crippen LogP contribution in [0.2, 0.25) is 5.02 Å². The smallest absolute Gasteiger partial charge is 0.285 e. The van der Waals surface area contributed by atoms with Gasteiger partial charge < -0.3 is 10.6 Å². The molecule has 0 aliphatic rings. The van der Waals surface area contributed by atoms with Crippen molar-refractivity contribution in [2.75, 3.05) is 26.4 Å². The maximum Gasteiger partial charge on any atom is 0.285 e. The number of hydrogen-bond acceptors (Lipinski definition) is 5. The molecule has 11 heteroatoms. The summed E-state index contributed by atoms with van der Waals surface area (Å²) in [5, 5.41) is -0.190. The van der Waals surface area contributed by atoms with Gasteiger partial charge in [-0.2, -0.15) is 8.42 Å². The molecule has 0 spiro atoms. The largest absolute Gasteiger partial charge is 0.398 e. The van der Waals surface area contributed by atoms with Gasteiger partial charge in [-0.05, 0) is 18.6 Å². The molecular weight excluding hydrogens is 436 g/mol. The minimum absolute atomic E-state index is 0.127. The molecule has 1 aromatic carbocycles. The Morgan fingerprint density at radius 1 is 1.03 bits per heavy atom. The van der Waals surface area contributed by atoms with E-state index in [1.807, 2.05) is 0 Å². The summed E-state index contributed by atoms with van der Waals surface area (Å²) in [5.74, 6) is 0. The van der Waals surface area contributed by atoms with Crippen LogP contribution in [0.1, 0.15) is 51.9 Å². The van der Waals surface area contributed by atoms with Crippen molar-refractivity contribution in [1.82, 2.24) is 9.62 Å². The standard InChI is InChI=1S/C18H31ClN4O4S2/c1-4-5-6-7-8-9-10-11-21-29(26,27)18-13-17(15(19)12-16(18)20)28(24,25)22-14-23(2)3/h12-14,21H,4-11,20H2,1-3H3/b22-14+. The van der Waals surface area contributed by atoms with E-state index in [4.69, 9.17) is 17.3 Å². The molecule has 0 unspecified atom stereocenters. The summed E-state index contributed by atoms with van der Waals surface area (Å²) < 4.78 is 56.0. The molecular formula is C18H31ClN4O4S2. The van der Waals surface area contributed by atoms with E-state index in [1.165, 1.54) is 24.2 Å². The monoisotopic (exact) mass is 466 g/mol. The first kappa shape index (κ1) is 25.7. The van der Waals surface area contributed by atoms with E-state index in [2.05, 4.69) is 16.0 Å². The van der Waals surface area contributed by atoms with E-state index in [1.54, 1.807) is 14.1 Å². The highest BCUT2D eigenvalue weighted by atomic mass is 35.5. The zero-order valence-electron chi connectivity index (χ0n) is 17.2. The molecule has 8 nitrogen and oxygen atoms in total. The van der Waals surface area contributed by atoms with Crippen LogP contribution in [0.25, 0.3) is 0 Å². The predicted molar refractivity (Wildman–Crippen MR) is 118 cm³/mol. The second-order valence-electron chi connectivity index (χ2n) is 7.00. The lowest BCUT2D eigenvalue weighted by Crippen LogP contribution is -2.26. The van der Waals surface area contributed by atoms with Crippen LogP contribution in [0.15, 0.2) is 26.3 Å². The molecule has 0 heterocycles. The number of nitrogens with two attached hydrogens (primary N) is 1. The lowest BCUT2D eigenvalue weighted by Gasteiger charge is -2.12. The van der Waals surface area contributed by atoms with Gasteiger partial charge in [0, 0.05) is 20.6 Å². The number of nitrogens with one attached hydrogen (secondary N) is 1. The van der Waals surface area contributed by atoms with Crippen molar-refractivity contribution in [2.24, 2.45) is 4.40 Å². The molecule has 1 aromatic rings. The van der Waals surface area contributed by atoms with Gasteiger partial charge in [-0.25, -0.2) is 13.1 Å². The fourth-order valence-electron chi connectivity index (χ4n) is 2.56. The van der Waals surface area contributed by atoms with Crippen LogP contribution < -0.4 is 10.5 Å². The normalized spacial score (nSPS) is 12.6. The maximum absolute atomic E-state index is 12.6. The Kier molecular flexibility index (Phi) is 10.4. The third kappa shape index (κ3) is 8.49. The second-order valence-corrected chi connectivity index (χ2v) is 10.7. The summed E-state index contributed by atoms with van der Waals surface area (Å²) in [6.07, 6.45) is 8.48.